The molecule has 0 fully saturated rings. The fraction of sp³-hybridized carbons (Fsp3) is 0. The first-order valence-corrected chi connectivity index (χ1v) is 3.32. The van der Waals surface area contributed by atoms with Crippen LogP contribution in [0.15, 0.2) is 12.1 Å². The molecule has 0 bridgehead atoms. The Bertz CT molecular complexity index is 354. The zero-order valence-corrected chi connectivity index (χ0v) is 6.58. The molecule has 0 aliphatic heterocycles. The lowest BCUT2D eigenvalue weighted by Gasteiger charge is -2.06. The summed E-state index contributed by atoms with van der Waals surface area (Å²) < 4.78 is 17.1. The van der Waals surface area contributed by atoms with Gasteiger partial charge in [-0.3, -0.25) is 0 Å². The third kappa shape index (κ3) is 1.98. The van der Waals surface area contributed by atoms with Crippen LogP contribution in [0.4, 0.5) is 20.6 Å². The molecule has 1 aromatic rings. The average molecular weight is 185 g/mol. The van der Waals surface area contributed by atoms with Gasteiger partial charge in [0.2, 0.25) is 0 Å². The molecule has 6 N–H and O–H groups in total. The summed E-state index contributed by atoms with van der Waals surface area (Å²) in [5.41, 5.74) is 15.4. The van der Waals surface area contributed by atoms with Gasteiger partial charge in [-0.2, -0.15) is 0 Å². The second-order valence-corrected chi connectivity index (χ2v) is 2.33. The molecular weight excluding hydrogens is 177 g/mol. The Morgan fingerprint density at radius 3 is 2.54 bits per heavy atom. The Morgan fingerprint density at radius 2 is 2.00 bits per heavy atom. The van der Waals surface area contributed by atoms with Crippen molar-refractivity contribution in [3.8, 4) is 5.75 Å². The summed E-state index contributed by atoms with van der Waals surface area (Å²) in [5.74, 6) is -0.826. The van der Waals surface area contributed by atoms with E-state index in [-0.39, 0.29) is 17.1 Å². The Kier molecular flexibility index (Phi) is 2.23. The molecule has 0 saturated carbocycles. The van der Waals surface area contributed by atoms with Crippen molar-refractivity contribution in [3.63, 3.8) is 0 Å². The lowest BCUT2D eigenvalue weighted by atomic mass is 10.2. The highest BCUT2D eigenvalue weighted by molar-refractivity contribution is 5.76. The van der Waals surface area contributed by atoms with Crippen LogP contribution in [0.3, 0.4) is 0 Å². The highest BCUT2D eigenvalue weighted by atomic mass is 19.1. The van der Waals surface area contributed by atoms with Gasteiger partial charge in [-0.15, -0.1) is 0 Å². The van der Waals surface area contributed by atoms with Crippen LogP contribution in [-0.2, 0) is 0 Å². The molecule has 5 nitrogen and oxygen atoms in total. The van der Waals surface area contributed by atoms with Crippen molar-refractivity contribution in [2.75, 3.05) is 11.5 Å². The molecule has 0 aliphatic carbocycles. The van der Waals surface area contributed by atoms with Gasteiger partial charge in [-0.1, -0.05) is 0 Å². The first-order valence-electron chi connectivity index (χ1n) is 3.32. The van der Waals surface area contributed by atoms with E-state index in [9.17, 15) is 9.18 Å². The number of anilines is 2. The van der Waals surface area contributed by atoms with Crippen molar-refractivity contribution >= 4 is 17.5 Å². The summed E-state index contributed by atoms with van der Waals surface area (Å²) in [7, 11) is 0. The van der Waals surface area contributed by atoms with E-state index in [2.05, 4.69) is 4.74 Å². The van der Waals surface area contributed by atoms with Crippen molar-refractivity contribution in [3.05, 3.63) is 17.9 Å². The van der Waals surface area contributed by atoms with Gasteiger partial charge in [0, 0.05) is 6.07 Å². The lowest BCUT2D eigenvalue weighted by molar-refractivity contribution is 0.211. The Balaban J connectivity index is 3.12. The maximum absolute atomic E-state index is 12.7. The minimum absolute atomic E-state index is 0.00347. The third-order valence-electron chi connectivity index (χ3n) is 1.35. The monoisotopic (exact) mass is 185 g/mol. The Hall–Kier alpha value is -1.98. The topological polar surface area (TPSA) is 104 Å². The molecule has 1 aromatic carbocycles. The minimum atomic E-state index is -1.07. The van der Waals surface area contributed by atoms with Gasteiger partial charge in [0.25, 0.3) is 0 Å². The minimum Gasteiger partial charge on any atom is -0.408 e. The standard InChI is InChI=1S/C7H8FN3O2/c8-3-1-4(9)6(10)5(2-3)13-7(11)12/h1-2H,9-10H2,(H2,11,12). The molecule has 13 heavy (non-hydrogen) atoms. The zero-order chi connectivity index (χ0) is 10.0. The summed E-state index contributed by atoms with van der Waals surface area (Å²) in [6.07, 6.45) is -1.07. The largest absolute Gasteiger partial charge is 0.410 e. The van der Waals surface area contributed by atoms with E-state index >= 15 is 0 Å². The highest BCUT2D eigenvalue weighted by Gasteiger charge is 2.09. The van der Waals surface area contributed by atoms with Crippen LogP contribution in [0.5, 0.6) is 5.75 Å². The maximum atomic E-state index is 12.7. The van der Waals surface area contributed by atoms with Crippen LogP contribution in [0, 0.1) is 5.82 Å². The number of primary amides is 1. The number of hydrogen-bond donors (Lipinski definition) is 3. The molecule has 0 unspecified atom stereocenters. The van der Waals surface area contributed by atoms with Crippen molar-refractivity contribution < 1.29 is 13.9 Å². The van der Waals surface area contributed by atoms with E-state index in [1.54, 1.807) is 0 Å². The zero-order valence-electron chi connectivity index (χ0n) is 6.58. The molecule has 0 atom stereocenters. The molecule has 0 heterocycles. The Labute approximate surface area is 73.3 Å². The van der Waals surface area contributed by atoms with Gasteiger partial charge in [0.1, 0.15) is 5.82 Å². The number of nitrogens with two attached hydrogens (primary N) is 3. The van der Waals surface area contributed by atoms with Gasteiger partial charge in [0.05, 0.1) is 11.4 Å². The number of hydrogen-bond acceptors (Lipinski definition) is 4. The van der Waals surface area contributed by atoms with Gasteiger partial charge in [-0.05, 0) is 6.07 Å². The van der Waals surface area contributed by atoms with Crippen LogP contribution in [0.2, 0.25) is 0 Å². The quantitative estimate of drug-likeness (QED) is 0.552. The molecule has 0 aromatic heterocycles. The van der Waals surface area contributed by atoms with Gasteiger partial charge < -0.3 is 21.9 Å². The fourth-order valence-corrected chi connectivity index (χ4v) is 0.806. The number of nitrogen functional groups attached to an aromatic ring is 2. The van der Waals surface area contributed by atoms with E-state index in [4.69, 9.17) is 17.2 Å². The van der Waals surface area contributed by atoms with Crippen LogP contribution in [0.25, 0.3) is 0 Å². The number of rotatable bonds is 1. The Morgan fingerprint density at radius 1 is 1.38 bits per heavy atom. The summed E-state index contributed by atoms with van der Waals surface area (Å²) in [6, 6.07) is 1.94. The molecule has 0 saturated heterocycles. The van der Waals surface area contributed by atoms with Crippen LogP contribution in [0.1, 0.15) is 0 Å². The predicted molar refractivity (Wildman–Crippen MR) is 45.4 cm³/mol. The van der Waals surface area contributed by atoms with E-state index < -0.39 is 11.9 Å². The second kappa shape index (κ2) is 3.18. The van der Waals surface area contributed by atoms with Crippen molar-refractivity contribution in [1.29, 1.82) is 0 Å². The fourth-order valence-electron chi connectivity index (χ4n) is 0.806. The number of carbonyl (C=O) groups excluding carboxylic acids is 1. The summed E-state index contributed by atoms with van der Waals surface area (Å²) in [6.45, 7) is 0. The first-order chi connectivity index (χ1) is 6.00. The summed E-state index contributed by atoms with van der Waals surface area (Å²) in [5, 5.41) is 0. The maximum Gasteiger partial charge on any atom is 0.410 e. The molecule has 1 rings (SSSR count). The van der Waals surface area contributed by atoms with E-state index in [0.717, 1.165) is 12.1 Å². The first kappa shape index (κ1) is 9.11. The SMILES string of the molecule is NC(=O)Oc1cc(F)cc(N)c1N. The molecule has 0 radical (unpaired) electrons. The molecular formula is C7H8FN3O2. The lowest BCUT2D eigenvalue weighted by Crippen LogP contribution is -2.17. The number of amides is 1. The molecule has 0 spiro atoms. The number of ether oxygens (including phenoxy) is 1. The van der Waals surface area contributed by atoms with Crippen LogP contribution >= 0.6 is 0 Å². The molecule has 6 heteroatoms. The number of carbonyl (C=O) groups is 1. The normalized spacial score (nSPS) is 9.62. The number of benzene rings is 1. The van der Waals surface area contributed by atoms with E-state index in [1.807, 2.05) is 0 Å². The average Bonchev–Trinajstić information content (AvgIpc) is 1.98. The van der Waals surface area contributed by atoms with Gasteiger partial charge >= 0.3 is 6.09 Å². The van der Waals surface area contributed by atoms with Crippen molar-refractivity contribution in [2.45, 2.75) is 0 Å². The van der Waals surface area contributed by atoms with Crippen LogP contribution in [-0.4, -0.2) is 6.09 Å². The highest BCUT2D eigenvalue weighted by Crippen LogP contribution is 2.28. The van der Waals surface area contributed by atoms with Crippen molar-refractivity contribution in [2.24, 2.45) is 5.73 Å². The summed E-state index contributed by atoms with van der Waals surface area (Å²) in [4.78, 5) is 10.3. The van der Waals surface area contributed by atoms with E-state index in [1.165, 1.54) is 0 Å². The number of halogens is 1. The van der Waals surface area contributed by atoms with Gasteiger partial charge in [-0.25, -0.2) is 9.18 Å². The van der Waals surface area contributed by atoms with E-state index in [0.29, 0.717) is 0 Å². The smallest absolute Gasteiger partial charge is 0.408 e. The molecule has 1 amide bonds. The molecule has 70 valence electrons. The third-order valence-corrected chi connectivity index (χ3v) is 1.35. The van der Waals surface area contributed by atoms with Crippen molar-refractivity contribution in [1.82, 2.24) is 0 Å². The molecule has 0 aliphatic rings. The summed E-state index contributed by atoms with van der Waals surface area (Å²) >= 11 is 0. The van der Waals surface area contributed by atoms with Gasteiger partial charge in [0.15, 0.2) is 5.75 Å². The second-order valence-electron chi connectivity index (χ2n) is 2.33. The van der Waals surface area contributed by atoms with Crippen LogP contribution < -0.4 is 21.9 Å². The predicted octanol–water partition coefficient (Wildman–Crippen LogP) is 0.448.